The maximum Gasteiger partial charge on any atom is 0.294 e. The maximum absolute atomic E-state index is 13.6. The summed E-state index contributed by atoms with van der Waals surface area (Å²) in [5.41, 5.74) is 1.81. The van der Waals surface area contributed by atoms with Gasteiger partial charge in [0.15, 0.2) is 23.0 Å². The van der Waals surface area contributed by atoms with E-state index in [-0.39, 0.29) is 24.3 Å². The van der Waals surface area contributed by atoms with Gasteiger partial charge in [-0.15, -0.1) is 0 Å². The zero-order valence-electron chi connectivity index (χ0n) is 19.0. The molecule has 2 heterocycles. The Labute approximate surface area is 201 Å². The second kappa shape index (κ2) is 9.50. The largest absolute Gasteiger partial charge is 0.486 e. The van der Waals surface area contributed by atoms with Crippen LogP contribution in [-0.2, 0) is 9.59 Å². The number of nitrogens with one attached hydrogen (secondary N) is 1. The van der Waals surface area contributed by atoms with Crippen LogP contribution in [0.2, 0.25) is 0 Å². The molecule has 0 aromatic heterocycles. The van der Waals surface area contributed by atoms with Crippen LogP contribution in [-0.4, -0.2) is 31.6 Å². The van der Waals surface area contributed by atoms with E-state index in [1.807, 2.05) is 25.1 Å². The number of carbonyl (C=O) groups excluding carboxylic acids is 2. The predicted molar refractivity (Wildman–Crippen MR) is 128 cm³/mol. The molecular weight excluding hydrogens is 451 g/mol. The molecule has 0 spiro atoms. The Hall–Kier alpha value is -4.33. The van der Waals surface area contributed by atoms with E-state index in [0.29, 0.717) is 41.7 Å². The van der Waals surface area contributed by atoms with E-state index < -0.39 is 11.7 Å². The van der Waals surface area contributed by atoms with E-state index in [1.165, 1.54) is 23.1 Å². The highest BCUT2D eigenvalue weighted by Gasteiger charge is 2.32. The van der Waals surface area contributed by atoms with E-state index in [4.69, 9.17) is 14.2 Å². The van der Waals surface area contributed by atoms with Crippen LogP contribution in [0.4, 0.5) is 10.1 Å². The fourth-order valence-electron chi connectivity index (χ4n) is 4.01. The quantitative estimate of drug-likeness (QED) is 0.560. The summed E-state index contributed by atoms with van der Waals surface area (Å²) in [4.78, 5) is 27.6. The third-order valence-corrected chi connectivity index (χ3v) is 5.72. The van der Waals surface area contributed by atoms with Crippen molar-refractivity contribution >= 4 is 23.6 Å². The smallest absolute Gasteiger partial charge is 0.294 e. The molecule has 1 N–H and O–H groups in total. The first-order valence-electron chi connectivity index (χ1n) is 11.2. The molecule has 3 aromatic carbocycles. The Kier molecular flexibility index (Phi) is 6.10. The first-order valence-corrected chi connectivity index (χ1v) is 11.2. The number of anilines is 1. The lowest BCUT2D eigenvalue weighted by molar-refractivity contribution is -0.123. The number of rotatable bonds is 5. The average Bonchev–Trinajstić information content (AvgIpc) is 2.86. The Morgan fingerprint density at radius 3 is 2.66 bits per heavy atom. The molecule has 2 aliphatic rings. The minimum absolute atomic E-state index is 0.00184. The zero-order valence-corrected chi connectivity index (χ0v) is 19.0. The number of halogens is 1. The minimum Gasteiger partial charge on any atom is -0.486 e. The number of para-hydroxylation sites is 2. The van der Waals surface area contributed by atoms with Gasteiger partial charge in [0.05, 0.1) is 11.7 Å². The van der Waals surface area contributed by atoms with Gasteiger partial charge in [-0.05, 0) is 60.5 Å². The Morgan fingerprint density at radius 2 is 1.83 bits per heavy atom. The van der Waals surface area contributed by atoms with Crippen LogP contribution in [0.25, 0.3) is 6.08 Å². The number of nitrogens with zero attached hydrogens (tertiary/aromatic N) is 1. The molecule has 0 unspecified atom stereocenters. The highest BCUT2D eigenvalue weighted by Crippen LogP contribution is 2.36. The maximum atomic E-state index is 13.6. The Balaban J connectivity index is 1.35. The number of benzene rings is 3. The van der Waals surface area contributed by atoms with E-state index in [9.17, 15) is 14.0 Å². The summed E-state index contributed by atoms with van der Waals surface area (Å²) in [6.07, 6.45) is 1.46. The third kappa shape index (κ3) is 4.82. The first-order chi connectivity index (χ1) is 17.0. The SMILES string of the molecule is C[C@H](NC(=O)CN1C(=O)/C(=C\c2cccc(F)c2)Oc2ccccc21)c1ccc2c(c1)OCCO2. The van der Waals surface area contributed by atoms with Crippen molar-refractivity contribution < 1.29 is 28.2 Å². The van der Waals surface area contributed by atoms with Crippen LogP contribution < -0.4 is 24.4 Å². The summed E-state index contributed by atoms with van der Waals surface area (Å²) in [7, 11) is 0. The van der Waals surface area contributed by atoms with Gasteiger partial charge in [0.2, 0.25) is 5.91 Å². The number of ether oxygens (including phenoxy) is 3. The van der Waals surface area contributed by atoms with Crippen LogP contribution in [0, 0.1) is 5.82 Å². The first kappa shape index (κ1) is 22.5. The summed E-state index contributed by atoms with van der Waals surface area (Å²) >= 11 is 0. The molecule has 2 aliphatic heterocycles. The highest BCUT2D eigenvalue weighted by molar-refractivity contribution is 6.12. The van der Waals surface area contributed by atoms with Gasteiger partial charge in [-0.25, -0.2) is 4.39 Å². The van der Waals surface area contributed by atoms with Crippen molar-refractivity contribution in [3.63, 3.8) is 0 Å². The predicted octanol–water partition coefficient (Wildman–Crippen LogP) is 4.24. The highest BCUT2D eigenvalue weighted by atomic mass is 19.1. The molecule has 5 rings (SSSR count). The molecule has 35 heavy (non-hydrogen) atoms. The number of amides is 2. The van der Waals surface area contributed by atoms with Gasteiger partial charge in [-0.3, -0.25) is 14.5 Å². The van der Waals surface area contributed by atoms with Gasteiger partial charge in [0, 0.05) is 0 Å². The van der Waals surface area contributed by atoms with Crippen molar-refractivity contribution in [1.29, 1.82) is 0 Å². The number of hydrogen-bond acceptors (Lipinski definition) is 5. The zero-order chi connectivity index (χ0) is 24.4. The van der Waals surface area contributed by atoms with Gasteiger partial charge >= 0.3 is 0 Å². The summed E-state index contributed by atoms with van der Waals surface area (Å²) in [6.45, 7) is 2.62. The average molecular weight is 474 g/mol. The summed E-state index contributed by atoms with van der Waals surface area (Å²) in [6, 6.07) is 18.0. The number of fused-ring (bicyclic) bond motifs is 2. The van der Waals surface area contributed by atoms with Crippen molar-refractivity contribution in [1.82, 2.24) is 5.32 Å². The lowest BCUT2D eigenvalue weighted by Crippen LogP contribution is -2.44. The second-order valence-electron chi connectivity index (χ2n) is 8.22. The molecule has 0 bridgehead atoms. The van der Waals surface area contributed by atoms with Crippen LogP contribution in [0.5, 0.6) is 17.2 Å². The van der Waals surface area contributed by atoms with Crippen molar-refractivity contribution in [3.05, 3.63) is 89.4 Å². The lowest BCUT2D eigenvalue weighted by atomic mass is 10.1. The topological polar surface area (TPSA) is 77.1 Å². The molecule has 0 aliphatic carbocycles. The van der Waals surface area contributed by atoms with Crippen LogP contribution >= 0.6 is 0 Å². The molecule has 1 atom stereocenters. The third-order valence-electron chi connectivity index (χ3n) is 5.72. The van der Waals surface area contributed by atoms with Gasteiger partial charge in [-0.2, -0.15) is 0 Å². The van der Waals surface area contributed by atoms with Gasteiger partial charge in [0.25, 0.3) is 5.91 Å². The van der Waals surface area contributed by atoms with Crippen molar-refractivity contribution in [2.75, 3.05) is 24.7 Å². The van der Waals surface area contributed by atoms with E-state index in [2.05, 4.69) is 5.32 Å². The fraction of sp³-hybridized carbons (Fsp3) is 0.185. The monoisotopic (exact) mass is 474 g/mol. The van der Waals surface area contributed by atoms with Crippen LogP contribution in [0.3, 0.4) is 0 Å². The standard InChI is InChI=1S/C27H23FN2O5/c1-17(19-9-10-23-24(15-19)34-12-11-33-23)29-26(31)16-30-21-7-2-3-8-22(21)35-25(27(30)32)14-18-5-4-6-20(28)13-18/h2-10,13-15,17H,11-12,16H2,1H3,(H,29,31)/b25-14+/t17-/m0/s1. The number of hydrogen-bond donors (Lipinski definition) is 1. The molecule has 7 nitrogen and oxygen atoms in total. The van der Waals surface area contributed by atoms with Crippen molar-refractivity contribution in [3.8, 4) is 17.2 Å². The Bertz CT molecular complexity index is 1320. The molecule has 8 heteroatoms. The summed E-state index contributed by atoms with van der Waals surface area (Å²) in [5, 5.41) is 2.93. The summed E-state index contributed by atoms with van der Waals surface area (Å²) in [5.74, 6) is 0.486. The number of carbonyl (C=O) groups is 2. The van der Waals surface area contributed by atoms with Crippen LogP contribution in [0.1, 0.15) is 24.1 Å². The molecule has 178 valence electrons. The molecule has 0 saturated heterocycles. The lowest BCUT2D eigenvalue weighted by Gasteiger charge is -2.30. The van der Waals surface area contributed by atoms with Crippen molar-refractivity contribution in [2.24, 2.45) is 0 Å². The molecule has 2 amide bonds. The van der Waals surface area contributed by atoms with Gasteiger partial charge in [-0.1, -0.05) is 30.3 Å². The molecule has 0 fully saturated rings. The molecule has 3 aromatic rings. The minimum atomic E-state index is -0.491. The molecule has 0 radical (unpaired) electrons. The molecule has 0 saturated carbocycles. The normalized spacial score (nSPS) is 16.3. The Morgan fingerprint density at radius 1 is 1.03 bits per heavy atom. The van der Waals surface area contributed by atoms with Crippen molar-refractivity contribution in [2.45, 2.75) is 13.0 Å². The molecular formula is C27H23FN2O5. The van der Waals surface area contributed by atoms with E-state index >= 15 is 0 Å². The van der Waals surface area contributed by atoms with Gasteiger partial charge < -0.3 is 19.5 Å². The van der Waals surface area contributed by atoms with Gasteiger partial charge in [0.1, 0.15) is 25.6 Å². The summed E-state index contributed by atoms with van der Waals surface area (Å²) < 4.78 is 30.6. The van der Waals surface area contributed by atoms with E-state index in [1.54, 1.807) is 36.4 Å². The van der Waals surface area contributed by atoms with Crippen LogP contribution in [0.15, 0.2) is 72.5 Å². The second-order valence-corrected chi connectivity index (χ2v) is 8.22. The fourth-order valence-corrected chi connectivity index (χ4v) is 4.01. The van der Waals surface area contributed by atoms with E-state index in [0.717, 1.165) is 5.56 Å².